The van der Waals surface area contributed by atoms with Gasteiger partial charge in [-0.3, -0.25) is 0 Å². The van der Waals surface area contributed by atoms with Crippen LogP contribution in [0.1, 0.15) is 35.5 Å². The van der Waals surface area contributed by atoms with Crippen LogP contribution in [0.2, 0.25) is 0 Å². The number of nitrogens with zero attached hydrogens (tertiary/aromatic N) is 2. The van der Waals surface area contributed by atoms with Gasteiger partial charge in [0.05, 0.1) is 11.3 Å². The lowest BCUT2D eigenvalue weighted by molar-refractivity contribution is 0.292. The standard InChI is InChI=1S/C14H17N3OS2/c1-3-10-11(4-2)16-17-14(12(10)13(15)19)18-8-9-6-5-7-20-9/h5-7H,3-4,8H2,1-2H3,(H2,15,19). The molecule has 0 saturated heterocycles. The smallest absolute Gasteiger partial charge is 0.244 e. The maximum Gasteiger partial charge on any atom is 0.244 e. The molecular weight excluding hydrogens is 290 g/mol. The second-order valence-corrected chi connectivity index (χ2v) is 5.72. The molecule has 20 heavy (non-hydrogen) atoms. The normalized spacial score (nSPS) is 10.5. The average molecular weight is 307 g/mol. The number of aromatic nitrogens is 2. The molecule has 0 fully saturated rings. The van der Waals surface area contributed by atoms with Crippen LogP contribution >= 0.6 is 23.6 Å². The molecule has 2 heterocycles. The van der Waals surface area contributed by atoms with Gasteiger partial charge in [0.25, 0.3) is 0 Å². The van der Waals surface area contributed by atoms with E-state index in [0.29, 0.717) is 17.5 Å². The van der Waals surface area contributed by atoms with E-state index in [2.05, 4.69) is 17.1 Å². The van der Waals surface area contributed by atoms with Crippen molar-refractivity contribution in [1.29, 1.82) is 0 Å². The second kappa shape index (κ2) is 6.76. The first-order chi connectivity index (χ1) is 9.67. The van der Waals surface area contributed by atoms with Gasteiger partial charge in [-0.25, -0.2) is 0 Å². The highest BCUT2D eigenvalue weighted by Gasteiger charge is 2.18. The van der Waals surface area contributed by atoms with E-state index in [1.807, 2.05) is 24.4 Å². The second-order valence-electron chi connectivity index (χ2n) is 4.24. The van der Waals surface area contributed by atoms with Crippen LogP contribution in [-0.4, -0.2) is 15.2 Å². The van der Waals surface area contributed by atoms with Crippen molar-refractivity contribution in [3.63, 3.8) is 0 Å². The minimum absolute atomic E-state index is 0.313. The molecular formula is C14H17N3OS2. The van der Waals surface area contributed by atoms with E-state index in [4.69, 9.17) is 22.7 Å². The molecule has 0 aliphatic carbocycles. The topological polar surface area (TPSA) is 61.0 Å². The fourth-order valence-corrected chi connectivity index (χ4v) is 2.87. The molecule has 0 atom stereocenters. The van der Waals surface area contributed by atoms with Gasteiger partial charge in [-0.15, -0.1) is 16.4 Å². The van der Waals surface area contributed by atoms with Crippen LogP contribution in [-0.2, 0) is 19.4 Å². The number of thiocarbonyl (C=S) groups is 1. The Labute approximate surface area is 128 Å². The number of thiophene rings is 1. The summed E-state index contributed by atoms with van der Waals surface area (Å²) in [5, 5.41) is 10.4. The van der Waals surface area contributed by atoms with Crippen molar-refractivity contribution in [3.05, 3.63) is 39.2 Å². The molecule has 0 saturated carbocycles. The molecule has 2 N–H and O–H groups in total. The molecule has 6 heteroatoms. The molecule has 0 radical (unpaired) electrons. The van der Waals surface area contributed by atoms with Crippen molar-refractivity contribution in [2.24, 2.45) is 5.73 Å². The lowest BCUT2D eigenvalue weighted by Crippen LogP contribution is -2.18. The molecule has 0 aliphatic rings. The SMILES string of the molecule is CCc1nnc(OCc2cccs2)c(C(N)=S)c1CC. The third kappa shape index (κ3) is 3.13. The summed E-state index contributed by atoms with van der Waals surface area (Å²) in [6.45, 7) is 4.55. The quantitative estimate of drug-likeness (QED) is 0.832. The molecule has 0 unspecified atom stereocenters. The number of rotatable bonds is 6. The van der Waals surface area contributed by atoms with Gasteiger partial charge in [-0.1, -0.05) is 32.1 Å². The minimum atomic E-state index is 0.313. The Balaban J connectivity index is 2.34. The largest absolute Gasteiger partial charge is 0.470 e. The van der Waals surface area contributed by atoms with E-state index in [0.717, 1.165) is 34.5 Å². The fourth-order valence-electron chi connectivity index (χ4n) is 2.04. The summed E-state index contributed by atoms with van der Waals surface area (Å²) in [6, 6.07) is 4.00. The number of hydrogen-bond acceptors (Lipinski definition) is 5. The van der Waals surface area contributed by atoms with Crippen molar-refractivity contribution in [2.75, 3.05) is 0 Å². The van der Waals surface area contributed by atoms with Crippen LogP contribution in [0.25, 0.3) is 0 Å². The highest BCUT2D eigenvalue weighted by molar-refractivity contribution is 7.80. The third-order valence-electron chi connectivity index (χ3n) is 2.99. The first-order valence-electron chi connectivity index (χ1n) is 6.50. The van der Waals surface area contributed by atoms with E-state index in [1.165, 1.54) is 0 Å². The summed E-state index contributed by atoms with van der Waals surface area (Å²) >= 11 is 6.79. The number of ether oxygens (including phenoxy) is 1. The first kappa shape index (κ1) is 14.9. The summed E-state index contributed by atoms with van der Waals surface area (Å²) in [6.07, 6.45) is 1.61. The van der Waals surface area contributed by atoms with Crippen LogP contribution in [0.4, 0.5) is 0 Å². The third-order valence-corrected chi connectivity index (χ3v) is 4.05. The zero-order valence-corrected chi connectivity index (χ0v) is 13.2. The maximum absolute atomic E-state index is 5.85. The highest BCUT2D eigenvalue weighted by atomic mass is 32.1. The fraction of sp³-hybridized carbons (Fsp3) is 0.357. The lowest BCUT2D eigenvalue weighted by Gasteiger charge is -2.14. The molecule has 2 aromatic heterocycles. The number of hydrogen-bond donors (Lipinski definition) is 1. The summed E-state index contributed by atoms with van der Waals surface area (Å²) in [5.41, 5.74) is 8.55. The van der Waals surface area contributed by atoms with Gasteiger partial charge >= 0.3 is 0 Å². The van der Waals surface area contributed by atoms with Gasteiger partial charge in [0.2, 0.25) is 5.88 Å². The summed E-state index contributed by atoms with van der Waals surface area (Å²) in [5.74, 6) is 0.431. The van der Waals surface area contributed by atoms with Crippen molar-refractivity contribution in [1.82, 2.24) is 10.2 Å². The van der Waals surface area contributed by atoms with Gasteiger partial charge < -0.3 is 10.5 Å². The Bertz CT molecular complexity index is 597. The molecule has 4 nitrogen and oxygen atoms in total. The minimum Gasteiger partial charge on any atom is -0.470 e. The highest BCUT2D eigenvalue weighted by Crippen LogP contribution is 2.24. The maximum atomic E-state index is 5.85. The van der Waals surface area contributed by atoms with Crippen LogP contribution in [0.15, 0.2) is 17.5 Å². The Morgan fingerprint density at radius 1 is 1.35 bits per heavy atom. The van der Waals surface area contributed by atoms with E-state index >= 15 is 0 Å². The molecule has 0 bridgehead atoms. The zero-order valence-electron chi connectivity index (χ0n) is 11.5. The van der Waals surface area contributed by atoms with Crippen molar-refractivity contribution < 1.29 is 4.74 Å². The van der Waals surface area contributed by atoms with Crippen molar-refractivity contribution in [3.8, 4) is 5.88 Å². The first-order valence-corrected chi connectivity index (χ1v) is 7.79. The summed E-state index contributed by atoms with van der Waals surface area (Å²) in [4.78, 5) is 1.44. The summed E-state index contributed by atoms with van der Waals surface area (Å²) < 4.78 is 5.75. The average Bonchev–Trinajstić information content (AvgIpc) is 2.96. The van der Waals surface area contributed by atoms with E-state index in [-0.39, 0.29) is 0 Å². The van der Waals surface area contributed by atoms with Crippen molar-refractivity contribution >= 4 is 28.5 Å². The Kier molecular flexibility index (Phi) is 5.03. The molecule has 0 aromatic carbocycles. The van der Waals surface area contributed by atoms with Crippen LogP contribution in [0.3, 0.4) is 0 Å². The Morgan fingerprint density at radius 2 is 2.15 bits per heavy atom. The zero-order chi connectivity index (χ0) is 14.5. The van der Waals surface area contributed by atoms with Crippen LogP contribution in [0, 0.1) is 0 Å². The van der Waals surface area contributed by atoms with Crippen molar-refractivity contribution in [2.45, 2.75) is 33.3 Å². The summed E-state index contributed by atoms with van der Waals surface area (Å²) in [7, 11) is 0. The van der Waals surface area contributed by atoms with E-state index in [1.54, 1.807) is 11.3 Å². The predicted octanol–water partition coefficient (Wildman–Crippen LogP) is 2.88. The Morgan fingerprint density at radius 3 is 2.70 bits per heavy atom. The predicted molar refractivity (Wildman–Crippen MR) is 85.3 cm³/mol. The lowest BCUT2D eigenvalue weighted by atomic mass is 10.0. The molecule has 2 rings (SSSR count). The van der Waals surface area contributed by atoms with Gasteiger partial charge in [-0.2, -0.15) is 5.10 Å². The van der Waals surface area contributed by atoms with Gasteiger partial charge in [-0.05, 0) is 29.9 Å². The molecule has 0 aliphatic heterocycles. The molecule has 106 valence electrons. The van der Waals surface area contributed by atoms with Crippen LogP contribution in [0.5, 0.6) is 5.88 Å². The van der Waals surface area contributed by atoms with Gasteiger partial charge in [0.15, 0.2) is 0 Å². The van der Waals surface area contributed by atoms with E-state index < -0.39 is 0 Å². The number of aryl methyl sites for hydroxylation is 1. The number of nitrogens with two attached hydrogens (primary N) is 1. The molecule has 2 aromatic rings. The molecule has 0 amide bonds. The van der Waals surface area contributed by atoms with Gasteiger partial charge in [0.1, 0.15) is 11.6 Å². The van der Waals surface area contributed by atoms with Crippen LogP contribution < -0.4 is 10.5 Å². The monoisotopic (exact) mass is 307 g/mol. The van der Waals surface area contributed by atoms with E-state index in [9.17, 15) is 0 Å². The molecule has 0 spiro atoms. The van der Waals surface area contributed by atoms with Gasteiger partial charge in [0, 0.05) is 4.88 Å². The Hall–Kier alpha value is -1.53.